The molecule has 0 N–H and O–H groups in total. The second kappa shape index (κ2) is 3.54. The predicted octanol–water partition coefficient (Wildman–Crippen LogP) is 2.06. The van der Waals surface area contributed by atoms with Gasteiger partial charge in [0.1, 0.15) is 6.61 Å². The van der Waals surface area contributed by atoms with Crippen LogP contribution >= 0.6 is 0 Å². The SMILES string of the molecule is Cc1cc(C)c2c(c1)C(=O)COCC2. The molecule has 0 spiro atoms. The van der Waals surface area contributed by atoms with Crippen molar-refractivity contribution in [2.45, 2.75) is 20.3 Å². The van der Waals surface area contributed by atoms with Crippen LogP contribution in [0.4, 0.5) is 0 Å². The molecule has 2 nitrogen and oxygen atoms in total. The Morgan fingerprint density at radius 2 is 2.07 bits per heavy atom. The van der Waals surface area contributed by atoms with Gasteiger partial charge in [0.05, 0.1) is 6.61 Å². The molecule has 0 bridgehead atoms. The first-order valence-corrected chi connectivity index (χ1v) is 4.89. The van der Waals surface area contributed by atoms with E-state index in [1.54, 1.807) is 0 Å². The second-order valence-corrected chi connectivity index (χ2v) is 3.83. The average Bonchev–Trinajstić information content (AvgIpc) is 2.29. The van der Waals surface area contributed by atoms with Gasteiger partial charge >= 0.3 is 0 Å². The summed E-state index contributed by atoms with van der Waals surface area (Å²) in [6.07, 6.45) is 0.854. The number of aryl methyl sites for hydroxylation is 2. The Morgan fingerprint density at radius 3 is 2.86 bits per heavy atom. The molecule has 14 heavy (non-hydrogen) atoms. The Bertz CT molecular complexity index is 380. The first-order valence-electron chi connectivity index (χ1n) is 4.89. The number of fused-ring (bicyclic) bond motifs is 1. The maximum absolute atomic E-state index is 11.7. The number of carbonyl (C=O) groups excluding carboxylic acids is 1. The number of rotatable bonds is 0. The minimum Gasteiger partial charge on any atom is -0.373 e. The van der Waals surface area contributed by atoms with Gasteiger partial charge in [-0.2, -0.15) is 0 Å². The fourth-order valence-corrected chi connectivity index (χ4v) is 1.99. The first-order chi connectivity index (χ1) is 6.68. The standard InChI is InChI=1S/C12H14O2/c1-8-5-9(2)10-3-4-14-7-12(13)11(10)6-8/h5-6H,3-4,7H2,1-2H3. The molecule has 0 atom stereocenters. The lowest BCUT2D eigenvalue weighted by atomic mass is 9.95. The number of hydrogen-bond acceptors (Lipinski definition) is 2. The zero-order valence-electron chi connectivity index (χ0n) is 8.59. The molecule has 1 heterocycles. The molecule has 0 saturated heterocycles. The number of ketones is 1. The van der Waals surface area contributed by atoms with Gasteiger partial charge < -0.3 is 4.74 Å². The van der Waals surface area contributed by atoms with Crippen molar-refractivity contribution < 1.29 is 9.53 Å². The van der Waals surface area contributed by atoms with E-state index >= 15 is 0 Å². The minimum absolute atomic E-state index is 0.115. The van der Waals surface area contributed by atoms with E-state index in [0.29, 0.717) is 6.61 Å². The molecule has 0 radical (unpaired) electrons. The highest BCUT2D eigenvalue weighted by Crippen LogP contribution is 2.20. The van der Waals surface area contributed by atoms with Crippen LogP contribution in [0.25, 0.3) is 0 Å². The molecule has 1 aliphatic heterocycles. The maximum atomic E-state index is 11.7. The van der Waals surface area contributed by atoms with Crippen LogP contribution < -0.4 is 0 Å². The van der Waals surface area contributed by atoms with E-state index in [0.717, 1.165) is 23.1 Å². The summed E-state index contributed by atoms with van der Waals surface area (Å²) in [7, 11) is 0. The van der Waals surface area contributed by atoms with E-state index in [9.17, 15) is 4.79 Å². The highest BCUT2D eigenvalue weighted by atomic mass is 16.5. The van der Waals surface area contributed by atoms with Crippen molar-refractivity contribution in [1.82, 2.24) is 0 Å². The summed E-state index contributed by atoms with van der Waals surface area (Å²) < 4.78 is 5.23. The molecular formula is C12H14O2. The topological polar surface area (TPSA) is 26.3 Å². The quantitative estimate of drug-likeness (QED) is 0.626. The van der Waals surface area contributed by atoms with E-state index in [1.165, 1.54) is 5.56 Å². The van der Waals surface area contributed by atoms with E-state index in [2.05, 4.69) is 13.0 Å². The average molecular weight is 190 g/mol. The molecule has 0 fully saturated rings. The Balaban J connectivity index is 2.58. The van der Waals surface area contributed by atoms with Crippen LogP contribution in [0.5, 0.6) is 0 Å². The largest absolute Gasteiger partial charge is 0.373 e. The maximum Gasteiger partial charge on any atom is 0.188 e. The Labute approximate surface area is 83.9 Å². The zero-order chi connectivity index (χ0) is 10.1. The third-order valence-corrected chi connectivity index (χ3v) is 2.65. The van der Waals surface area contributed by atoms with Gasteiger partial charge in [-0.3, -0.25) is 4.79 Å². The molecule has 74 valence electrons. The molecule has 2 rings (SSSR count). The molecule has 1 aliphatic rings. The van der Waals surface area contributed by atoms with E-state index in [-0.39, 0.29) is 12.4 Å². The van der Waals surface area contributed by atoms with E-state index < -0.39 is 0 Å². The Morgan fingerprint density at radius 1 is 1.29 bits per heavy atom. The van der Waals surface area contributed by atoms with E-state index in [1.807, 2.05) is 13.0 Å². The summed E-state index contributed by atoms with van der Waals surface area (Å²) in [6.45, 7) is 4.97. The number of carbonyl (C=O) groups is 1. The van der Waals surface area contributed by atoms with Gasteiger partial charge in [0.2, 0.25) is 0 Å². The van der Waals surface area contributed by atoms with Gasteiger partial charge in [-0.1, -0.05) is 11.6 Å². The van der Waals surface area contributed by atoms with Gasteiger partial charge in [-0.05, 0) is 37.5 Å². The third kappa shape index (κ3) is 1.58. The molecule has 0 aromatic heterocycles. The Hall–Kier alpha value is -1.15. The van der Waals surface area contributed by atoms with Crippen LogP contribution in [0.2, 0.25) is 0 Å². The normalized spacial score (nSPS) is 16.3. The van der Waals surface area contributed by atoms with Gasteiger partial charge in [-0.25, -0.2) is 0 Å². The zero-order valence-corrected chi connectivity index (χ0v) is 8.59. The van der Waals surface area contributed by atoms with Gasteiger partial charge in [-0.15, -0.1) is 0 Å². The van der Waals surface area contributed by atoms with Crippen LogP contribution in [0.15, 0.2) is 12.1 Å². The number of benzene rings is 1. The van der Waals surface area contributed by atoms with Crippen molar-refractivity contribution in [1.29, 1.82) is 0 Å². The molecule has 1 aromatic rings. The molecule has 0 amide bonds. The fraction of sp³-hybridized carbons (Fsp3) is 0.417. The van der Waals surface area contributed by atoms with Crippen LogP contribution in [-0.4, -0.2) is 19.0 Å². The fourth-order valence-electron chi connectivity index (χ4n) is 1.99. The lowest BCUT2D eigenvalue weighted by molar-refractivity contribution is 0.0788. The molecule has 0 saturated carbocycles. The van der Waals surface area contributed by atoms with Gasteiger partial charge in [0, 0.05) is 5.56 Å². The second-order valence-electron chi connectivity index (χ2n) is 3.83. The van der Waals surface area contributed by atoms with Crippen LogP contribution in [0.3, 0.4) is 0 Å². The van der Waals surface area contributed by atoms with Crippen molar-refractivity contribution in [2.24, 2.45) is 0 Å². The van der Waals surface area contributed by atoms with E-state index in [4.69, 9.17) is 4.74 Å². The first kappa shape index (κ1) is 9.41. The summed E-state index contributed by atoms with van der Waals surface area (Å²) in [6, 6.07) is 4.09. The molecule has 0 unspecified atom stereocenters. The van der Waals surface area contributed by atoms with Gasteiger partial charge in [0.25, 0.3) is 0 Å². The smallest absolute Gasteiger partial charge is 0.188 e. The molecule has 1 aromatic carbocycles. The van der Waals surface area contributed by atoms with Crippen molar-refractivity contribution >= 4 is 5.78 Å². The lowest BCUT2D eigenvalue weighted by Crippen LogP contribution is -2.07. The number of Topliss-reactive ketones (excluding diaryl/α,β-unsaturated/α-hetero) is 1. The third-order valence-electron chi connectivity index (χ3n) is 2.65. The van der Waals surface area contributed by atoms with Crippen molar-refractivity contribution in [3.8, 4) is 0 Å². The monoisotopic (exact) mass is 190 g/mol. The van der Waals surface area contributed by atoms with Crippen LogP contribution in [0, 0.1) is 13.8 Å². The summed E-state index contributed by atoms with van der Waals surface area (Å²) >= 11 is 0. The summed E-state index contributed by atoms with van der Waals surface area (Å²) in [5.41, 5.74) is 4.38. The molecule has 0 aliphatic carbocycles. The van der Waals surface area contributed by atoms with Crippen molar-refractivity contribution in [3.05, 3.63) is 34.4 Å². The summed E-state index contributed by atoms with van der Waals surface area (Å²) in [5, 5.41) is 0. The van der Waals surface area contributed by atoms with Crippen LogP contribution in [0.1, 0.15) is 27.0 Å². The molecular weight excluding hydrogens is 176 g/mol. The Kier molecular flexibility index (Phi) is 2.38. The van der Waals surface area contributed by atoms with Crippen molar-refractivity contribution in [3.63, 3.8) is 0 Å². The number of ether oxygens (including phenoxy) is 1. The number of hydrogen-bond donors (Lipinski definition) is 0. The van der Waals surface area contributed by atoms with Crippen LogP contribution in [-0.2, 0) is 11.2 Å². The lowest BCUT2D eigenvalue weighted by Gasteiger charge is -2.08. The summed E-state index contributed by atoms with van der Waals surface area (Å²) in [4.78, 5) is 11.7. The van der Waals surface area contributed by atoms with Gasteiger partial charge in [0.15, 0.2) is 5.78 Å². The highest BCUT2D eigenvalue weighted by Gasteiger charge is 2.17. The van der Waals surface area contributed by atoms with Crippen molar-refractivity contribution in [2.75, 3.05) is 13.2 Å². The molecule has 2 heteroatoms. The predicted molar refractivity (Wildman–Crippen MR) is 54.8 cm³/mol. The minimum atomic E-state index is 0.115. The highest BCUT2D eigenvalue weighted by molar-refractivity contribution is 5.99. The summed E-state index contributed by atoms with van der Waals surface area (Å²) in [5.74, 6) is 0.115.